The molecule has 1 fully saturated rings. The van der Waals surface area contributed by atoms with Crippen molar-refractivity contribution < 1.29 is 4.79 Å². The molecule has 0 aliphatic heterocycles. The van der Waals surface area contributed by atoms with E-state index in [-0.39, 0.29) is 11.8 Å². The molecule has 208 valence electrons. The highest BCUT2D eigenvalue weighted by Crippen LogP contribution is 2.51. The molecule has 0 amide bonds. The quantitative estimate of drug-likeness (QED) is 0.237. The van der Waals surface area contributed by atoms with Gasteiger partial charge in [0.1, 0.15) is 5.78 Å². The minimum absolute atomic E-state index is 0.172. The van der Waals surface area contributed by atoms with Gasteiger partial charge in [0.05, 0.1) is 0 Å². The average Bonchev–Trinajstić information content (AvgIpc) is 2.86. The van der Waals surface area contributed by atoms with Crippen LogP contribution in [0.25, 0.3) is 0 Å². The van der Waals surface area contributed by atoms with Gasteiger partial charge in [0.15, 0.2) is 0 Å². The first-order chi connectivity index (χ1) is 18.2. The number of fused-ring (bicyclic) bond motifs is 2. The summed E-state index contributed by atoms with van der Waals surface area (Å²) in [7, 11) is 0. The van der Waals surface area contributed by atoms with Crippen LogP contribution >= 0.6 is 0 Å². The molecule has 0 aromatic rings. The topological polar surface area (TPSA) is 17.1 Å². The summed E-state index contributed by atoms with van der Waals surface area (Å²) in [6.07, 6.45) is 27.3. The second-order valence-corrected chi connectivity index (χ2v) is 12.8. The maximum atomic E-state index is 13.7. The van der Waals surface area contributed by atoms with Crippen molar-refractivity contribution in [3.05, 3.63) is 82.0 Å². The molecular formula is C37H54O. The molecule has 0 bridgehead atoms. The van der Waals surface area contributed by atoms with Gasteiger partial charge in [-0.15, -0.1) is 0 Å². The highest BCUT2D eigenvalue weighted by molar-refractivity contribution is 5.87. The van der Waals surface area contributed by atoms with Crippen LogP contribution in [-0.2, 0) is 4.79 Å². The summed E-state index contributed by atoms with van der Waals surface area (Å²) >= 11 is 0. The molecule has 3 rings (SSSR count). The molecule has 1 heteroatoms. The average molecular weight is 515 g/mol. The van der Waals surface area contributed by atoms with Crippen molar-refractivity contribution in [3.8, 4) is 0 Å². The van der Waals surface area contributed by atoms with Crippen LogP contribution in [0.4, 0.5) is 0 Å². The third kappa shape index (κ3) is 8.96. The molecule has 3 aliphatic rings. The van der Waals surface area contributed by atoms with Crippen molar-refractivity contribution >= 4 is 5.78 Å². The van der Waals surface area contributed by atoms with Gasteiger partial charge in [-0.3, -0.25) is 4.79 Å². The van der Waals surface area contributed by atoms with Crippen molar-refractivity contribution in [2.24, 2.45) is 23.7 Å². The predicted octanol–water partition coefficient (Wildman–Crippen LogP) is 11.0. The van der Waals surface area contributed by atoms with Crippen molar-refractivity contribution in [2.45, 2.75) is 119 Å². The lowest BCUT2D eigenvalue weighted by atomic mass is 9.57. The minimum atomic E-state index is 0.172. The normalized spacial score (nSPS) is 25.7. The Kier molecular flexibility index (Phi) is 11.9. The Bertz CT molecular complexity index is 945. The molecule has 0 N–H and O–H groups in total. The lowest BCUT2D eigenvalue weighted by molar-refractivity contribution is -0.132. The number of hydrogen-bond donors (Lipinski definition) is 0. The third-order valence-electron chi connectivity index (χ3n) is 9.04. The number of ketones is 1. The smallest absolute Gasteiger partial charge is 0.140 e. The van der Waals surface area contributed by atoms with Crippen LogP contribution in [0.15, 0.2) is 82.0 Å². The molecule has 0 aromatic heterocycles. The maximum absolute atomic E-state index is 13.7. The van der Waals surface area contributed by atoms with E-state index in [0.717, 1.165) is 77.0 Å². The van der Waals surface area contributed by atoms with Gasteiger partial charge >= 0.3 is 0 Å². The standard InChI is InChI=1S/C37H54O/c1-26(2)12-8-14-28(5)16-10-18-31-21-23-34-35(24-31)30(7)33-22-20-32(25-36(33)37(34)38)19-11-17-29(6)15-9-13-27(3)4/h12-13,16-17,20-21,33-36H,7-11,14-15,18-19,22-25H2,1-6H3/b28-16+,29-17+. The SMILES string of the molecule is C=C1C2CC(CC/C=C(\C)CCC=C(C)C)=CCC2C(=O)C2CC(CC/C=C(\C)CCC=C(C)C)=CCC12. The first kappa shape index (κ1) is 30.4. The number of allylic oxidation sites excluding steroid dienone is 13. The molecule has 0 heterocycles. The lowest BCUT2D eigenvalue weighted by Crippen LogP contribution is -2.44. The second-order valence-electron chi connectivity index (χ2n) is 12.8. The molecule has 4 atom stereocenters. The Morgan fingerprint density at radius 2 is 1.16 bits per heavy atom. The Labute approximate surface area is 234 Å². The Hall–Kier alpha value is -2.15. The zero-order valence-corrected chi connectivity index (χ0v) is 25.4. The van der Waals surface area contributed by atoms with E-state index in [2.05, 4.69) is 84.6 Å². The Balaban J connectivity index is 1.51. The van der Waals surface area contributed by atoms with Crippen molar-refractivity contribution in [1.82, 2.24) is 0 Å². The molecule has 0 radical (unpaired) electrons. The summed E-state index contributed by atoms with van der Waals surface area (Å²) in [4.78, 5) is 13.7. The molecule has 3 aliphatic carbocycles. The van der Waals surface area contributed by atoms with Crippen LogP contribution in [0.1, 0.15) is 119 Å². The molecular weight excluding hydrogens is 460 g/mol. The van der Waals surface area contributed by atoms with E-state index in [1.54, 1.807) is 5.57 Å². The van der Waals surface area contributed by atoms with Crippen LogP contribution in [-0.4, -0.2) is 5.78 Å². The minimum Gasteiger partial charge on any atom is -0.299 e. The number of carbonyl (C=O) groups is 1. The van der Waals surface area contributed by atoms with E-state index in [1.807, 2.05) is 0 Å². The zero-order chi connectivity index (χ0) is 27.7. The van der Waals surface area contributed by atoms with Crippen molar-refractivity contribution in [1.29, 1.82) is 0 Å². The summed E-state index contributed by atoms with van der Waals surface area (Å²) in [5, 5.41) is 0. The fraction of sp³-hybridized carbons (Fsp3) is 0.595. The van der Waals surface area contributed by atoms with E-state index in [9.17, 15) is 4.79 Å². The summed E-state index contributed by atoms with van der Waals surface area (Å²) in [6, 6.07) is 0. The van der Waals surface area contributed by atoms with E-state index in [0.29, 0.717) is 17.6 Å². The van der Waals surface area contributed by atoms with Gasteiger partial charge in [-0.05, 0) is 130 Å². The van der Waals surface area contributed by atoms with Crippen molar-refractivity contribution in [3.63, 3.8) is 0 Å². The Morgan fingerprint density at radius 1 is 0.684 bits per heavy atom. The highest BCUT2D eigenvalue weighted by Gasteiger charge is 2.47. The van der Waals surface area contributed by atoms with E-state index in [1.165, 1.54) is 33.4 Å². The van der Waals surface area contributed by atoms with Crippen LogP contribution in [0.3, 0.4) is 0 Å². The zero-order valence-electron chi connectivity index (χ0n) is 25.4. The number of carbonyl (C=O) groups excluding carboxylic acids is 1. The van der Waals surface area contributed by atoms with E-state index >= 15 is 0 Å². The fourth-order valence-electron chi connectivity index (χ4n) is 6.69. The van der Waals surface area contributed by atoms with Gasteiger partial charge in [-0.1, -0.05) is 82.0 Å². The third-order valence-corrected chi connectivity index (χ3v) is 9.04. The van der Waals surface area contributed by atoms with Gasteiger partial charge < -0.3 is 0 Å². The van der Waals surface area contributed by atoms with Gasteiger partial charge in [-0.2, -0.15) is 0 Å². The molecule has 0 spiro atoms. The molecule has 4 unspecified atom stereocenters. The number of rotatable bonds is 12. The second kappa shape index (κ2) is 14.9. The molecule has 1 nitrogen and oxygen atoms in total. The molecule has 1 saturated carbocycles. The van der Waals surface area contributed by atoms with E-state index < -0.39 is 0 Å². The first-order valence-corrected chi connectivity index (χ1v) is 15.3. The Morgan fingerprint density at radius 3 is 1.66 bits per heavy atom. The lowest BCUT2D eigenvalue weighted by Gasteiger charge is -2.46. The van der Waals surface area contributed by atoms with Gasteiger partial charge in [0.25, 0.3) is 0 Å². The monoisotopic (exact) mass is 514 g/mol. The van der Waals surface area contributed by atoms with Gasteiger partial charge in [-0.25, -0.2) is 0 Å². The summed E-state index contributed by atoms with van der Waals surface area (Å²) in [5.74, 6) is 1.62. The molecule has 38 heavy (non-hydrogen) atoms. The van der Waals surface area contributed by atoms with Crippen LogP contribution in [0.2, 0.25) is 0 Å². The van der Waals surface area contributed by atoms with Crippen LogP contribution in [0, 0.1) is 23.7 Å². The fourth-order valence-corrected chi connectivity index (χ4v) is 6.69. The van der Waals surface area contributed by atoms with Gasteiger partial charge in [0, 0.05) is 11.8 Å². The summed E-state index contributed by atoms with van der Waals surface area (Å²) < 4.78 is 0. The maximum Gasteiger partial charge on any atom is 0.140 e. The number of Topliss-reactive ketones (excluding diaryl/α,β-unsaturated/α-hetero) is 1. The van der Waals surface area contributed by atoms with Crippen LogP contribution in [0.5, 0.6) is 0 Å². The molecule has 0 saturated heterocycles. The largest absolute Gasteiger partial charge is 0.299 e. The van der Waals surface area contributed by atoms with Crippen molar-refractivity contribution in [2.75, 3.05) is 0 Å². The number of hydrogen-bond acceptors (Lipinski definition) is 1. The molecule has 0 aromatic carbocycles. The van der Waals surface area contributed by atoms with E-state index in [4.69, 9.17) is 0 Å². The predicted molar refractivity (Wildman–Crippen MR) is 166 cm³/mol. The first-order valence-electron chi connectivity index (χ1n) is 15.3. The highest BCUT2D eigenvalue weighted by atomic mass is 16.1. The summed E-state index contributed by atoms with van der Waals surface area (Å²) in [5.41, 5.74) is 10.2. The van der Waals surface area contributed by atoms with Crippen LogP contribution < -0.4 is 0 Å². The van der Waals surface area contributed by atoms with Gasteiger partial charge in [0.2, 0.25) is 0 Å². The summed E-state index contributed by atoms with van der Waals surface area (Å²) in [6.45, 7) is 17.8.